The van der Waals surface area contributed by atoms with Gasteiger partial charge >= 0.3 is 0 Å². The Morgan fingerprint density at radius 3 is 2.92 bits per heavy atom. The summed E-state index contributed by atoms with van der Waals surface area (Å²) in [4.78, 5) is 0. The third-order valence-electron chi connectivity index (χ3n) is 1.84. The van der Waals surface area contributed by atoms with Crippen LogP contribution in [-0.4, -0.2) is 20.2 Å². The van der Waals surface area contributed by atoms with E-state index < -0.39 is 0 Å². The topological polar surface area (TPSA) is 69.6 Å². The maximum absolute atomic E-state index is 5.54. The van der Waals surface area contributed by atoms with Gasteiger partial charge in [0.15, 0.2) is 0 Å². The standard InChI is InChI=1S/C7H9N5S/c1-5-3-13-4-6(5)2-12-7(8)9-10-11-12/h3-4H,2H2,1H3,(H2,8,9,11). The van der Waals surface area contributed by atoms with E-state index in [9.17, 15) is 0 Å². The Kier molecular flexibility index (Phi) is 1.97. The van der Waals surface area contributed by atoms with Crippen LogP contribution >= 0.6 is 11.3 Å². The van der Waals surface area contributed by atoms with Crippen LogP contribution in [0.2, 0.25) is 0 Å². The maximum atomic E-state index is 5.54. The number of hydrogen-bond acceptors (Lipinski definition) is 5. The number of nitrogen functional groups attached to an aromatic ring is 1. The van der Waals surface area contributed by atoms with E-state index in [1.54, 1.807) is 16.0 Å². The highest BCUT2D eigenvalue weighted by molar-refractivity contribution is 7.08. The lowest BCUT2D eigenvalue weighted by molar-refractivity contribution is 0.654. The van der Waals surface area contributed by atoms with Gasteiger partial charge in [0, 0.05) is 0 Å². The van der Waals surface area contributed by atoms with Crippen LogP contribution in [0.4, 0.5) is 5.95 Å². The largest absolute Gasteiger partial charge is 0.367 e. The number of rotatable bonds is 2. The number of anilines is 1. The second-order valence-corrected chi connectivity index (χ2v) is 3.52. The lowest BCUT2D eigenvalue weighted by Crippen LogP contribution is -2.06. The fourth-order valence-electron chi connectivity index (χ4n) is 1.03. The Bertz CT molecular complexity index is 366. The summed E-state index contributed by atoms with van der Waals surface area (Å²) in [6.45, 7) is 2.71. The first-order valence-corrected chi connectivity index (χ1v) is 4.75. The summed E-state index contributed by atoms with van der Waals surface area (Å²) in [5.41, 5.74) is 8.00. The Hall–Kier alpha value is -1.43. The van der Waals surface area contributed by atoms with Crippen molar-refractivity contribution in [3.63, 3.8) is 0 Å². The smallest absolute Gasteiger partial charge is 0.240 e. The van der Waals surface area contributed by atoms with Crippen molar-refractivity contribution in [1.29, 1.82) is 0 Å². The summed E-state index contributed by atoms with van der Waals surface area (Å²) in [6, 6.07) is 0. The van der Waals surface area contributed by atoms with E-state index in [-0.39, 0.29) is 0 Å². The molecule has 0 bridgehead atoms. The van der Waals surface area contributed by atoms with Gasteiger partial charge in [-0.15, -0.1) is 0 Å². The van der Waals surface area contributed by atoms with Crippen molar-refractivity contribution in [3.8, 4) is 0 Å². The summed E-state index contributed by atoms with van der Waals surface area (Å²) in [6.07, 6.45) is 0. The highest BCUT2D eigenvalue weighted by atomic mass is 32.1. The first-order chi connectivity index (χ1) is 6.27. The van der Waals surface area contributed by atoms with Crippen LogP contribution in [0.3, 0.4) is 0 Å². The normalized spacial score (nSPS) is 10.5. The van der Waals surface area contributed by atoms with E-state index in [0.29, 0.717) is 12.5 Å². The van der Waals surface area contributed by atoms with Crippen molar-refractivity contribution >= 4 is 17.3 Å². The molecule has 0 amide bonds. The Morgan fingerprint density at radius 2 is 2.38 bits per heavy atom. The number of thiophene rings is 1. The zero-order chi connectivity index (χ0) is 9.26. The minimum atomic E-state index is 0.352. The Labute approximate surface area is 79.2 Å². The minimum Gasteiger partial charge on any atom is -0.367 e. The van der Waals surface area contributed by atoms with E-state index in [2.05, 4.69) is 33.2 Å². The summed E-state index contributed by atoms with van der Waals surface area (Å²) >= 11 is 1.67. The van der Waals surface area contributed by atoms with Crippen molar-refractivity contribution in [2.24, 2.45) is 0 Å². The quantitative estimate of drug-likeness (QED) is 0.764. The summed E-state index contributed by atoms with van der Waals surface area (Å²) in [7, 11) is 0. The predicted molar refractivity (Wildman–Crippen MR) is 50.4 cm³/mol. The van der Waals surface area contributed by atoms with Gasteiger partial charge in [0.25, 0.3) is 0 Å². The monoisotopic (exact) mass is 195 g/mol. The average Bonchev–Trinajstić information content (AvgIpc) is 2.65. The molecule has 0 fully saturated rings. The molecule has 2 heterocycles. The number of nitrogens with two attached hydrogens (primary N) is 1. The molecule has 0 aliphatic heterocycles. The zero-order valence-electron chi connectivity index (χ0n) is 7.14. The summed E-state index contributed by atoms with van der Waals surface area (Å²) < 4.78 is 1.58. The van der Waals surface area contributed by atoms with E-state index >= 15 is 0 Å². The molecule has 0 aliphatic carbocycles. The first-order valence-electron chi connectivity index (χ1n) is 3.80. The fourth-order valence-corrected chi connectivity index (χ4v) is 1.88. The zero-order valence-corrected chi connectivity index (χ0v) is 7.95. The predicted octanol–water partition coefficient (Wildman–Crippen LogP) is 0.674. The first kappa shape index (κ1) is 8.18. The van der Waals surface area contributed by atoms with E-state index in [1.807, 2.05) is 0 Å². The van der Waals surface area contributed by atoms with Crippen molar-refractivity contribution in [3.05, 3.63) is 21.9 Å². The fraction of sp³-hybridized carbons (Fsp3) is 0.286. The molecule has 0 saturated carbocycles. The molecule has 0 aliphatic rings. The number of hydrogen-bond donors (Lipinski definition) is 1. The summed E-state index contributed by atoms with van der Waals surface area (Å²) in [5.74, 6) is 0.352. The molecular formula is C7H9N5S. The molecular weight excluding hydrogens is 186 g/mol. The number of aromatic nitrogens is 4. The van der Waals surface area contributed by atoms with Crippen LogP contribution in [0.15, 0.2) is 10.8 Å². The van der Waals surface area contributed by atoms with Gasteiger partial charge in [-0.1, -0.05) is 5.10 Å². The molecule has 2 aromatic heterocycles. The minimum absolute atomic E-state index is 0.352. The third kappa shape index (κ3) is 1.52. The molecule has 0 atom stereocenters. The highest BCUT2D eigenvalue weighted by Gasteiger charge is 2.04. The molecule has 6 heteroatoms. The van der Waals surface area contributed by atoms with Crippen LogP contribution in [0.5, 0.6) is 0 Å². The Morgan fingerprint density at radius 1 is 1.54 bits per heavy atom. The van der Waals surface area contributed by atoms with Crippen LogP contribution in [0, 0.1) is 6.92 Å². The molecule has 0 spiro atoms. The maximum Gasteiger partial charge on any atom is 0.240 e. The second kappa shape index (κ2) is 3.14. The van der Waals surface area contributed by atoms with Crippen molar-refractivity contribution < 1.29 is 0 Å². The van der Waals surface area contributed by atoms with Crippen molar-refractivity contribution in [1.82, 2.24) is 20.2 Å². The second-order valence-electron chi connectivity index (χ2n) is 2.77. The molecule has 13 heavy (non-hydrogen) atoms. The lowest BCUT2D eigenvalue weighted by Gasteiger charge is -1.99. The third-order valence-corrected chi connectivity index (χ3v) is 2.75. The molecule has 0 radical (unpaired) electrons. The average molecular weight is 195 g/mol. The molecule has 0 unspecified atom stereocenters. The van der Waals surface area contributed by atoms with Gasteiger partial charge in [-0.05, 0) is 39.2 Å². The molecule has 0 saturated heterocycles. The SMILES string of the molecule is Cc1cscc1Cn1nnnc1N. The number of nitrogens with zero attached hydrogens (tertiary/aromatic N) is 4. The molecule has 2 N–H and O–H groups in total. The van der Waals surface area contributed by atoms with Gasteiger partial charge in [-0.25, -0.2) is 4.68 Å². The highest BCUT2D eigenvalue weighted by Crippen LogP contribution is 2.14. The van der Waals surface area contributed by atoms with Crippen LogP contribution in [-0.2, 0) is 6.54 Å². The number of tetrazole rings is 1. The molecule has 0 aromatic carbocycles. The van der Waals surface area contributed by atoms with Crippen LogP contribution in [0.1, 0.15) is 11.1 Å². The van der Waals surface area contributed by atoms with Crippen LogP contribution in [0.25, 0.3) is 0 Å². The van der Waals surface area contributed by atoms with Gasteiger partial charge in [0.05, 0.1) is 6.54 Å². The van der Waals surface area contributed by atoms with E-state index in [4.69, 9.17) is 5.73 Å². The van der Waals surface area contributed by atoms with E-state index in [0.717, 1.165) is 0 Å². The summed E-state index contributed by atoms with van der Waals surface area (Å²) in [5, 5.41) is 15.0. The van der Waals surface area contributed by atoms with E-state index in [1.165, 1.54) is 11.1 Å². The van der Waals surface area contributed by atoms with Crippen molar-refractivity contribution in [2.75, 3.05) is 5.73 Å². The van der Waals surface area contributed by atoms with Gasteiger partial charge in [-0.3, -0.25) is 0 Å². The molecule has 2 rings (SSSR count). The molecule has 5 nitrogen and oxygen atoms in total. The molecule has 68 valence electrons. The Balaban J connectivity index is 2.24. The van der Waals surface area contributed by atoms with Crippen LogP contribution < -0.4 is 5.73 Å². The van der Waals surface area contributed by atoms with Gasteiger partial charge in [0.2, 0.25) is 5.95 Å². The molecule has 2 aromatic rings. The van der Waals surface area contributed by atoms with Gasteiger partial charge in [-0.2, -0.15) is 11.3 Å². The van der Waals surface area contributed by atoms with Gasteiger partial charge < -0.3 is 5.73 Å². The lowest BCUT2D eigenvalue weighted by atomic mass is 10.2. The number of aryl methyl sites for hydroxylation is 1. The van der Waals surface area contributed by atoms with Crippen molar-refractivity contribution in [2.45, 2.75) is 13.5 Å². The van der Waals surface area contributed by atoms with Gasteiger partial charge in [0.1, 0.15) is 0 Å².